The second-order valence-corrected chi connectivity index (χ2v) is 3.70. The number of nitrogens with zero attached hydrogens (tertiary/aromatic N) is 1. The summed E-state index contributed by atoms with van der Waals surface area (Å²) in [4.78, 5) is 4.07. The van der Waals surface area contributed by atoms with Gasteiger partial charge < -0.3 is 11.5 Å². The number of halogens is 1. The van der Waals surface area contributed by atoms with Crippen LogP contribution in [0.3, 0.4) is 0 Å². The van der Waals surface area contributed by atoms with E-state index >= 15 is 0 Å². The summed E-state index contributed by atoms with van der Waals surface area (Å²) < 4.78 is 12.9. The Morgan fingerprint density at radius 2 is 2.07 bits per heavy atom. The molecule has 2 aromatic rings. The Kier molecular flexibility index (Phi) is 2.09. The second-order valence-electron chi connectivity index (χ2n) is 2.81. The van der Waals surface area contributed by atoms with E-state index in [1.165, 1.54) is 17.4 Å². The number of aromatic nitrogens is 1. The molecule has 14 heavy (non-hydrogen) atoms. The van der Waals surface area contributed by atoms with E-state index in [1.54, 1.807) is 12.1 Å². The normalized spacial score (nSPS) is 10.4. The van der Waals surface area contributed by atoms with Gasteiger partial charge in [-0.25, -0.2) is 9.37 Å². The number of nitrogens with two attached hydrogens (primary N) is 2. The Hall–Kier alpha value is -1.62. The Morgan fingerprint density at radius 3 is 2.64 bits per heavy atom. The van der Waals surface area contributed by atoms with Crippen LogP contribution in [0.4, 0.5) is 15.2 Å². The van der Waals surface area contributed by atoms with E-state index in [-0.39, 0.29) is 5.69 Å². The molecule has 0 saturated heterocycles. The molecule has 1 aromatic carbocycles. The monoisotopic (exact) mass is 209 g/mol. The number of hydrogen-bond acceptors (Lipinski definition) is 4. The average molecular weight is 209 g/mol. The second kappa shape index (κ2) is 3.26. The van der Waals surface area contributed by atoms with Crippen LogP contribution in [0.5, 0.6) is 0 Å². The quantitative estimate of drug-likeness (QED) is 0.707. The Labute approximate surface area is 84.2 Å². The Balaban J connectivity index is 2.47. The zero-order chi connectivity index (χ0) is 10.1. The summed E-state index contributed by atoms with van der Waals surface area (Å²) in [6.45, 7) is 0. The molecule has 0 atom stereocenters. The van der Waals surface area contributed by atoms with Gasteiger partial charge in [-0.15, -0.1) is 11.3 Å². The van der Waals surface area contributed by atoms with Crippen molar-refractivity contribution in [1.29, 1.82) is 0 Å². The summed E-state index contributed by atoms with van der Waals surface area (Å²) in [5, 5.41) is 2.30. The van der Waals surface area contributed by atoms with Crippen molar-refractivity contribution >= 4 is 22.2 Å². The highest BCUT2D eigenvalue weighted by Gasteiger charge is 2.04. The van der Waals surface area contributed by atoms with Crippen LogP contribution in [0.25, 0.3) is 11.3 Å². The molecule has 1 heterocycles. The topological polar surface area (TPSA) is 64.9 Å². The van der Waals surface area contributed by atoms with Crippen molar-refractivity contribution in [2.75, 3.05) is 11.5 Å². The van der Waals surface area contributed by atoms with Gasteiger partial charge >= 0.3 is 0 Å². The molecule has 2 rings (SSSR count). The number of benzene rings is 1. The van der Waals surface area contributed by atoms with E-state index in [9.17, 15) is 4.39 Å². The lowest BCUT2D eigenvalue weighted by Gasteiger charge is -1.99. The molecule has 0 spiro atoms. The van der Waals surface area contributed by atoms with Crippen molar-refractivity contribution in [3.63, 3.8) is 0 Å². The fourth-order valence-electron chi connectivity index (χ4n) is 1.12. The molecule has 0 amide bonds. The maximum absolute atomic E-state index is 12.9. The number of hydrogen-bond donors (Lipinski definition) is 2. The molecule has 0 unspecified atom stereocenters. The fourth-order valence-corrected chi connectivity index (χ4v) is 1.70. The lowest BCUT2D eigenvalue weighted by atomic mass is 10.1. The van der Waals surface area contributed by atoms with Crippen LogP contribution in [-0.4, -0.2) is 4.98 Å². The fraction of sp³-hybridized carbons (Fsp3) is 0. The highest BCUT2D eigenvalue weighted by molar-refractivity contribution is 7.13. The molecule has 0 bridgehead atoms. The molecule has 0 aliphatic rings. The number of anilines is 2. The van der Waals surface area contributed by atoms with E-state index in [0.717, 1.165) is 11.3 Å². The number of thiazole rings is 1. The van der Waals surface area contributed by atoms with E-state index in [1.807, 2.05) is 5.38 Å². The van der Waals surface area contributed by atoms with Gasteiger partial charge in [0.25, 0.3) is 0 Å². The largest absolute Gasteiger partial charge is 0.396 e. The molecular formula is C9H8FN3S. The minimum absolute atomic E-state index is 0.120. The van der Waals surface area contributed by atoms with Gasteiger partial charge in [-0.2, -0.15) is 0 Å². The molecule has 3 nitrogen and oxygen atoms in total. The third-order valence-corrected chi connectivity index (χ3v) is 2.49. The molecule has 72 valence electrons. The molecule has 0 aliphatic carbocycles. The maximum atomic E-state index is 12.9. The first-order chi connectivity index (χ1) is 6.66. The number of nitrogen functional groups attached to an aromatic ring is 2. The minimum Gasteiger partial charge on any atom is -0.396 e. The van der Waals surface area contributed by atoms with Crippen LogP contribution in [0, 0.1) is 5.82 Å². The highest BCUT2D eigenvalue weighted by Crippen LogP contribution is 2.25. The minimum atomic E-state index is -0.419. The van der Waals surface area contributed by atoms with Gasteiger partial charge in [0.2, 0.25) is 0 Å². The van der Waals surface area contributed by atoms with E-state index in [2.05, 4.69) is 4.98 Å². The third-order valence-electron chi connectivity index (χ3n) is 1.81. The first-order valence-electron chi connectivity index (χ1n) is 3.93. The average Bonchev–Trinajstić information content (AvgIpc) is 2.57. The summed E-state index contributed by atoms with van der Waals surface area (Å²) in [5.41, 5.74) is 12.5. The van der Waals surface area contributed by atoms with Crippen molar-refractivity contribution in [1.82, 2.24) is 4.98 Å². The van der Waals surface area contributed by atoms with Gasteiger partial charge in [-0.1, -0.05) is 0 Å². The first-order valence-corrected chi connectivity index (χ1v) is 4.81. The van der Waals surface area contributed by atoms with E-state index in [0.29, 0.717) is 5.13 Å². The van der Waals surface area contributed by atoms with Crippen LogP contribution < -0.4 is 11.5 Å². The predicted octanol–water partition coefficient (Wildman–Crippen LogP) is 2.11. The number of rotatable bonds is 1. The third kappa shape index (κ3) is 1.54. The van der Waals surface area contributed by atoms with Crippen LogP contribution in [0.2, 0.25) is 0 Å². The van der Waals surface area contributed by atoms with Gasteiger partial charge in [-0.3, -0.25) is 0 Å². The summed E-state index contributed by atoms with van der Waals surface area (Å²) in [7, 11) is 0. The molecular weight excluding hydrogens is 201 g/mol. The molecule has 0 saturated carbocycles. The van der Waals surface area contributed by atoms with Gasteiger partial charge in [-0.05, 0) is 18.2 Å². The van der Waals surface area contributed by atoms with Crippen molar-refractivity contribution < 1.29 is 4.39 Å². The SMILES string of the molecule is Nc1nc(-c2ccc(F)c(N)c2)cs1. The molecule has 5 heteroatoms. The van der Waals surface area contributed by atoms with E-state index < -0.39 is 5.82 Å². The molecule has 0 radical (unpaired) electrons. The van der Waals surface area contributed by atoms with Gasteiger partial charge in [0.1, 0.15) is 5.82 Å². The zero-order valence-electron chi connectivity index (χ0n) is 7.20. The van der Waals surface area contributed by atoms with Gasteiger partial charge in [0.15, 0.2) is 5.13 Å². The maximum Gasteiger partial charge on any atom is 0.180 e. The Bertz CT molecular complexity index is 467. The van der Waals surface area contributed by atoms with Gasteiger partial charge in [0.05, 0.1) is 11.4 Å². The summed E-state index contributed by atoms with van der Waals surface area (Å²) in [6.07, 6.45) is 0. The van der Waals surface area contributed by atoms with Crippen molar-refractivity contribution in [3.8, 4) is 11.3 Å². The Morgan fingerprint density at radius 1 is 1.29 bits per heavy atom. The molecule has 0 fully saturated rings. The summed E-state index contributed by atoms with van der Waals surface area (Å²) >= 11 is 1.34. The molecule has 1 aromatic heterocycles. The van der Waals surface area contributed by atoms with Crippen LogP contribution in [0.15, 0.2) is 23.6 Å². The zero-order valence-corrected chi connectivity index (χ0v) is 8.01. The van der Waals surface area contributed by atoms with Crippen molar-refractivity contribution in [2.45, 2.75) is 0 Å². The van der Waals surface area contributed by atoms with Crippen LogP contribution in [-0.2, 0) is 0 Å². The van der Waals surface area contributed by atoms with Crippen LogP contribution >= 0.6 is 11.3 Å². The summed E-state index contributed by atoms with van der Waals surface area (Å²) in [6, 6.07) is 4.49. The summed E-state index contributed by atoms with van der Waals surface area (Å²) in [5.74, 6) is -0.419. The van der Waals surface area contributed by atoms with E-state index in [4.69, 9.17) is 11.5 Å². The first kappa shape index (κ1) is 8.96. The molecule has 4 N–H and O–H groups in total. The lowest BCUT2D eigenvalue weighted by Crippen LogP contribution is -1.91. The standard InChI is InChI=1S/C9H8FN3S/c10-6-2-1-5(3-7(6)11)8-4-14-9(12)13-8/h1-4H,11H2,(H2,12,13). The highest BCUT2D eigenvalue weighted by atomic mass is 32.1. The van der Waals surface area contributed by atoms with Gasteiger partial charge in [0, 0.05) is 10.9 Å². The van der Waals surface area contributed by atoms with Crippen LogP contribution in [0.1, 0.15) is 0 Å². The smallest absolute Gasteiger partial charge is 0.180 e. The lowest BCUT2D eigenvalue weighted by molar-refractivity contribution is 0.632. The molecule has 0 aliphatic heterocycles. The van der Waals surface area contributed by atoms with Crippen molar-refractivity contribution in [3.05, 3.63) is 29.4 Å². The predicted molar refractivity (Wildman–Crippen MR) is 56.3 cm³/mol. The van der Waals surface area contributed by atoms with Crippen molar-refractivity contribution in [2.24, 2.45) is 0 Å².